The highest BCUT2D eigenvalue weighted by Crippen LogP contribution is 2.21. The Balaban J connectivity index is 3.14. The maximum atomic E-state index is 13.4. The molecular formula is C17H22FNO2. The summed E-state index contributed by atoms with van der Waals surface area (Å²) in [6, 6.07) is 3.89. The first kappa shape index (κ1) is 17.2. The zero-order chi connectivity index (χ0) is 15.9. The molecule has 0 unspecified atom stereocenters. The van der Waals surface area contributed by atoms with Gasteiger partial charge in [0.2, 0.25) is 0 Å². The van der Waals surface area contributed by atoms with E-state index in [1.54, 1.807) is 0 Å². The van der Waals surface area contributed by atoms with Crippen molar-refractivity contribution in [2.45, 2.75) is 45.6 Å². The maximum absolute atomic E-state index is 13.4. The van der Waals surface area contributed by atoms with Gasteiger partial charge >= 0.3 is 0 Å². The highest BCUT2D eigenvalue weighted by atomic mass is 19.1. The molecule has 1 amide bonds. The van der Waals surface area contributed by atoms with Crippen LogP contribution in [-0.2, 0) is 0 Å². The molecule has 0 saturated carbocycles. The van der Waals surface area contributed by atoms with Crippen LogP contribution in [-0.4, -0.2) is 23.2 Å². The highest BCUT2D eigenvalue weighted by molar-refractivity contribution is 5.97. The van der Waals surface area contributed by atoms with Gasteiger partial charge in [-0.05, 0) is 37.5 Å². The second-order valence-corrected chi connectivity index (χ2v) is 4.94. The number of halogens is 1. The van der Waals surface area contributed by atoms with Crippen LogP contribution in [0.15, 0.2) is 18.2 Å². The van der Waals surface area contributed by atoms with E-state index >= 15 is 0 Å². The standard InChI is InChI=1S/C17H22FNO2/c1-4-17(5-2,6-3)19-16(21)15-12-14(18)10-9-13(15)8-7-11-20/h9-10,12,20H,4-6,11H2,1-3H3,(H,19,21). The molecule has 1 rings (SSSR count). The number of benzene rings is 1. The third kappa shape index (κ3) is 4.30. The summed E-state index contributed by atoms with van der Waals surface area (Å²) in [6.07, 6.45) is 2.41. The normalized spacial score (nSPS) is 10.7. The van der Waals surface area contributed by atoms with Gasteiger partial charge in [0.1, 0.15) is 12.4 Å². The van der Waals surface area contributed by atoms with Crippen LogP contribution < -0.4 is 5.32 Å². The molecule has 0 aliphatic rings. The lowest BCUT2D eigenvalue weighted by Crippen LogP contribution is -2.47. The van der Waals surface area contributed by atoms with E-state index in [-0.39, 0.29) is 23.6 Å². The van der Waals surface area contributed by atoms with Gasteiger partial charge in [-0.2, -0.15) is 0 Å². The maximum Gasteiger partial charge on any atom is 0.253 e. The van der Waals surface area contributed by atoms with Crippen molar-refractivity contribution in [3.8, 4) is 11.8 Å². The lowest BCUT2D eigenvalue weighted by atomic mass is 9.89. The first-order valence-electron chi connectivity index (χ1n) is 7.23. The number of carbonyl (C=O) groups is 1. The van der Waals surface area contributed by atoms with Crippen molar-refractivity contribution in [2.75, 3.05) is 6.61 Å². The van der Waals surface area contributed by atoms with Gasteiger partial charge in [-0.1, -0.05) is 32.6 Å². The van der Waals surface area contributed by atoms with Gasteiger partial charge in [-0.3, -0.25) is 4.79 Å². The summed E-state index contributed by atoms with van der Waals surface area (Å²) in [5.41, 5.74) is 0.335. The molecule has 0 aliphatic heterocycles. The van der Waals surface area contributed by atoms with Crippen LogP contribution in [0.3, 0.4) is 0 Å². The molecule has 114 valence electrons. The Bertz CT molecular complexity index is 545. The predicted octanol–water partition coefficient (Wildman–Crippen LogP) is 2.87. The van der Waals surface area contributed by atoms with Crippen molar-refractivity contribution < 1.29 is 14.3 Å². The van der Waals surface area contributed by atoms with Crippen LogP contribution in [0, 0.1) is 17.7 Å². The van der Waals surface area contributed by atoms with Gasteiger partial charge in [0.05, 0.1) is 5.56 Å². The Morgan fingerprint density at radius 1 is 1.29 bits per heavy atom. The van der Waals surface area contributed by atoms with Gasteiger partial charge < -0.3 is 10.4 Å². The number of rotatable bonds is 5. The summed E-state index contributed by atoms with van der Waals surface area (Å²) in [6.45, 7) is 5.75. The minimum atomic E-state index is -0.482. The monoisotopic (exact) mass is 291 g/mol. The van der Waals surface area contributed by atoms with Gasteiger partial charge in [-0.15, -0.1) is 0 Å². The first-order valence-corrected chi connectivity index (χ1v) is 7.23. The predicted molar refractivity (Wildman–Crippen MR) is 81.4 cm³/mol. The van der Waals surface area contributed by atoms with Gasteiger partial charge in [0, 0.05) is 11.1 Å². The molecule has 4 heteroatoms. The quantitative estimate of drug-likeness (QED) is 0.820. The van der Waals surface area contributed by atoms with Crippen molar-refractivity contribution in [1.29, 1.82) is 0 Å². The Labute approximate surface area is 125 Å². The topological polar surface area (TPSA) is 49.3 Å². The Morgan fingerprint density at radius 2 is 1.90 bits per heavy atom. The summed E-state index contributed by atoms with van der Waals surface area (Å²) >= 11 is 0. The summed E-state index contributed by atoms with van der Waals surface area (Å²) in [5.74, 6) is 4.36. The molecule has 2 N–H and O–H groups in total. The second kappa shape index (κ2) is 7.80. The van der Waals surface area contributed by atoms with Crippen molar-refractivity contribution in [3.05, 3.63) is 35.1 Å². The van der Waals surface area contributed by atoms with Crippen LogP contribution in [0.1, 0.15) is 56.0 Å². The van der Waals surface area contributed by atoms with Crippen LogP contribution in [0.4, 0.5) is 4.39 Å². The zero-order valence-electron chi connectivity index (χ0n) is 12.8. The molecule has 1 aromatic rings. The fourth-order valence-corrected chi connectivity index (χ4v) is 2.27. The highest BCUT2D eigenvalue weighted by Gasteiger charge is 2.27. The summed E-state index contributed by atoms with van der Waals surface area (Å²) in [4.78, 5) is 12.5. The molecular weight excluding hydrogens is 269 g/mol. The van der Waals surface area contributed by atoms with E-state index in [1.165, 1.54) is 18.2 Å². The molecule has 0 atom stereocenters. The van der Waals surface area contributed by atoms with E-state index in [4.69, 9.17) is 5.11 Å². The molecule has 0 radical (unpaired) electrons. The number of nitrogens with one attached hydrogen (secondary N) is 1. The molecule has 1 aromatic carbocycles. The van der Waals surface area contributed by atoms with E-state index in [9.17, 15) is 9.18 Å². The van der Waals surface area contributed by atoms with E-state index in [1.807, 2.05) is 20.8 Å². The van der Waals surface area contributed by atoms with Crippen molar-refractivity contribution in [2.24, 2.45) is 0 Å². The molecule has 0 bridgehead atoms. The number of hydrogen-bond donors (Lipinski definition) is 2. The first-order chi connectivity index (χ1) is 10.0. The van der Waals surface area contributed by atoms with Gasteiger partial charge in [-0.25, -0.2) is 4.39 Å². The molecule has 0 spiro atoms. The van der Waals surface area contributed by atoms with Crippen LogP contribution >= 0.6 is 0 Å². The fraction of sp³-hybridized carbons (Fsp3) is 0.471. The average molecular weight is 291 g/mol. The van der Waals surface area contributed by atoms with E-state index in [0.29, 0.717) is 5.56 Å². The second-order valence-electron chi connectivity index (χ2n) is 4.94. The van der Waals surface area contributed by atoms with E-state index in [2.05, 4.69) is 17.2 Å². The molecule has 0 heterocycles. The smallest absolute Gasteiger partial charge is 0.253 e. The van der Waals surface area contributed by atoms with Crippen LogP contribution in [0.5, 0.6) is 0 Å². The fourth-order valence-electron chi connectivity index (χ4n) is 2.27. The number of carbonyl (C=O) groups excluding carboxylic acids is 1. The zero-order valence-corrected chi connectivity index (χ0v) is 12.8. The molecule has 0 aliphatic carbocycles. The number of amides is 1. The summed E-state index contributed by atoms with van der Waals surface area (Å²) < 4.78 is 13.4. The Morgan fingerprint density at radius 3 is 2.43 bits per heavy atom. The Kier molecular flexibility index (Phi) is 6.39. The van der Waals surface area contributed by atoms with E-state index in [0.717, 1.165) is 19.3 Å². The average Bonchev–Trinajstić information content (AvgIpc) is 2.51. The lowest BCUT2D eigenvalue weighted by molar-refractivity contribution is 0.0887. The van der Waals surface area contributed by atoms with Crippen molar-refractivity contribution in [1.82, 2.24) is 5.32 Å². The van der Waals surface area contributed by atoms with E-state index < -0.39 is 5.82 Å². The van der Waals surface area contributed by atoms with Crippen LogP contribution in [0.2, 0.25) is 0 Å². The van der Waals surface area contributed by atoms with Crippen LogP contribution in [0.25, 0.3) is 0 Å². The van der Waals surface area contributed by atoms with Gasteiger partial charge in [0.15, 0.2) is 0 Å². The lowest BCUT2D eigenvalue weighted by Gasteiger charge is -2.32. The third-order valence-corrected chi connectivity index (χ3v) is 3.94. The van der Waals surface area contributed by atoms with Gasteiger partial charge in [0.25, 0.3) is 5.91 Å². The SMILES string of the molecule is CCC(CC)(CC)NC(=O)c1cc(F)ccc1C#CCO. The minimum Gasteiger partial charge on any atom is -0.384 e. The largest absolute Gasteiger partial charge is 0.384 e. The van der Waals surface area contributed by atoms with Crippen molar-refractivity contribution in [3.63, 3.8) is 0 Å². The molecule has 0 saturated heterocycles. The summed E-state index contributed by atoms with van der Waals surface area (Å²) in [5, 5.41) is 11.8. The molecule has 0 fully saturated rings. The number of aliphatic hydroxyl groups excluding tert-OH is 1. The molecule has 0 aromatic heterocycles. The number of hydrogen-bond acceptors (Lipinski definition) is 2. The minimum absolute atomic E-state index is 0.204. The van der Waals surface area contributed by atoms with Crippen molar-refractivity contribution >= 4 is 5.91 Å². The third-order valence-electron chi connectivity index (χ3n) is 3.94. The molecule has 3 nitrogen and oxygen atoms in total. The molecule has 21 heavy (non-hydrogen) atoms. The number of aliphatic hydroxyl groups is 1. The summed E-state index contributed by atoms with van der Waals surface area (Å²) in [7, 11) is 0. The Hall–Kier alpha value is -1.86.